The zero-order valence-corrected chi connectivity index (χ0v) is 10.0. The minimum Gasteiger partial charge on any atom is -0.256 e. The standard InChI is InChI=1S/C16H12FN/c1-11-8-13(6-7-15(11)17)16-9-12-4-2-3-5-14(12)10-18-16/h2-10H,1H3. The molecular weight excluding hydrogens is 225 g/mol. The van der Waals surface area contributed by atoms with Crippen molar-refractivity contribution in [3.63, 3.8) is 0 Å². The van der Waals surface area contributed by atoms with Gasteiger partial charge in [0.2, 0.25) is 0 Å². The number of nitrogens with zero attached hydrogens (tertiary/aromatic N) is 1. The molecule has 18 heavy (non-hydrogen) atoms. The first kappa shape index (κ1) is 10.9. The fourth-order valence-electron chi connectivity index (χ4n) is 2.05. The van der Waals surface area contributed by atoms with Gasteiger partial charge >= 0.3 is 0 Å². The highest BCUT2D eigenvalue weighted by Gasteiger charge is 2.03. The van der Waals surface area contributed by atoms with E-state index in [1.165, 1.54) is 6.07 Å². The maximum atomic E-state index is 13.2. The zero-order chi connectivity index (χ0) is 12.5. The van der Waals surface area contributed by atoms with Crippen molar-refractivity contribution in [2.45, 2.75) is 6.92 Å². The van der Waals surface area contributed by atoms with E-state index >= 15 is 0 Å². The molecule has 1 aromatic heterocycles. The minimum atomic E-state index is -0.181. The average Bonchev–Trinajstić information content (AvgIpc) is 2.41. The van der Waals surface area contributed by atoms with E-state index in [0.717, 1.165) is 22.0 Å². The number of halogens is 1. The van der Waals surface area contributed by atoms with Gasteiger partial charge in [0.1, 0.15) is 5.82 Å². The Hall–Kier alpha value is -2.22. The van der Waals surface area contributed by atoms with E-state index in [1.54, 1.807) is 13.0 Å². The van der Waals surface area contributed by atoms with Crippen molar-refractivity contribution < 1.29 is 4.39 Å². The molecule has 0 spiro atoms. The lowest BCUT2D eigenvalue weighted by Crippen LogP contribution is -1.87. The van der Waals surface area contributed by atoms with Gasteiger partial charge < -0.3 is 0 Å². The van der Waals surface area contributed by atoms with Gasteiger partial charge in [0.25, 0.3) is 0 Å². The monoisotopic (exact) mass is 237 g/mol. The van der Waals surface area contributed by atoms with Crippen molar-refractivity contribution in [2.24, 2.45) is 0 Å². The van der Waals surface area contributed by atoms with Crippen molar-refractivity contribution in [1.82, 2.24) is 4.98 Å². The molecule has 0 bridgehead atoms. The molecule has 2 aromatic carbocycles. The lowest BCUT2D eigenvalue weighted by Gasteiger charge is -2.04. The maximum Gasteiger partial charge on any atom is 0.126 e. The molecule has 0 fully saturated rings. The van der Waals surface area contributed by atoms with E-state index in [9.17, 15) is 4.39 Å². The first-order valence-electron chi connectivity index (χ1n) is 5.85. The fourth-order valence-corrected chi connectivity index (χ4v) is 2.05. The number of rotatable bonds is 1. The SMILES string of the molecule is Cc1cc(-c2cc3ccccc3cn2)ccc1F. The van der Waals surface area contributed by atoms with Gasteiger partial charge in [-0.2, -0.15) is 0 Å². The van der Waals surface area contributed by atoms with Gasteiger partial charge in [-0.3, -0.25) is 4.98 Å². The van der Waals surface area contributed by atoms with Crippen molar-refractivity contribution in [1.29, 1.82) is 0 Å². The summed E-state index contributed by atoms with van der Waals surface area (Å²) in [6, 6.07) is 15.2. The smallest absolute Gasteiger partial charge is 0.126 e. The molecule has 0 saturated carbocycles. The van der Waals surface area contributed by atoms with Gasteiger partial charge in [-0.1, -0.05) is 24.3 Å². The molecule has 1 nitrogen and oxygen atoms in total. The van der Waals surface area contributed by atoms with Crippen molar-refractivity contribution in [3.05, 3.63) is 66.1 Å². The molecule has 0 aliphatic heterocycles. The summed E-state index contributed by atoms with van der Waals surface area (Å²) in [4.78, 5) is 4.43. The van der Waals surface area contributed by atoms with Crippen LogP contribution >= 0.6 is 0 Å². The number of fused-ring (bicyclic) bond motifs is 1. The van der Waals surface area contributed by atoms with Gasteiger partial charge in [-0.15, -0.1) is 0 Å². The number of hydrogen-bond donors (Lipinski definition) is 0. The fraction of sp³-hybridized carbons (Fsp3) is 0.0625. The van der Waals surface area contributed by atoms with Crippen LogP contribution < -0.4 is 0 Å². The Morgan fingerprint density at radius 1 is 0.944 bits per heavy atom. The quantitative estimate of drug-likeness (QED) is 0.613. The predicted molar refractivity (Wildman–Crippen MR) is 71.9 cm³/mol. The summed E-state index contributed by atoms with van der Waals surface area (Å²) in [5.74, 6) is -0.181. The Labute approximate surface area is 105 Å². The second-order valence-electron chi connectivity index (χ2n) is 4.38. The summed E-state index contributed by atoms with van der Waals surface area (Å²) >= 11 is 0. The van der Waals surface area contributed by atoms with Crippen LogP contribution in [-0.4, -0.2) is 4.98 Å². The summed E-state index contributed by atoms with van der Waals surface area (Å²) in [5, 5.41) is 2.25. The highest BCUT2D eigenvalue weighted by molar-refractivity contribution is 5.85. The van der Waals surface area contributed by atoms with Crippen LogP contribution in [0.5, 0.6) is 0 Å². The molecule has 0 saturated heterocycles. The normalized spacial score (nSPS) is 10.8. The summed E-state index contributed by atoms with van der Waals surface area (Å²) < 4.78 is 13.2. The number of pyridine rings is 1. The molecule has 0 amide bonds. The molecule has 0 unspecified atom stereocenters. The van der Waals surface area contributed by atoms with Gasteiger partial charge in [-0.25, -0.2) is 4.39 Å². The third kappa shape index (κ3) is 1.86. The molecular formula is C16H12FN. The predicted octanol–water partition coefficient (Wildman–Crippen LogP) is 4.35. The van der Waals surface area contributed by atoms with E-state index in [0.29, 0.717) is 5.56 Å². The van der Waals surface area contributed by atoms with Crippen molar-refractivity contribution in [2.75, 3.05) is 0 Å². The Morgan fingerprint density at radius 3 is 2.50 bits per heavy atom. The summed E-state index contributed by atoms with van der Waals surface area (Å²) in [5.41, 5.74) is 2.46. The lowest BCUT2D eigenvalue weighted by molar-refractivity contribution is 0.619. The van der Waals surface area contributed by atoms with Crippen molar-refractivity contribution in [3.8, 4) is 11.3 Å². The Balaban J connectivity index is 2.16. The molecule has 1 heterocycles. The molecule has 3 rings (SSSR count). The van der Waals surface area contributed by atoms with Crippen LogP contribution in [0.2, 0.25) is 0 Å². The highest BCUT2D eigenvalue weighted by Crippen LogP contribution is 2.23. The summed E-state index contributed by atoms with van der Waals surface area (Å²) in [6.07, 6.45) is 1.85. The van der Waals surface area contributed by atoms with Gasteiger partial charge in [0.15, 0.2) is 0 Å². The zero-order valence-electron chi connectivity index (χ0n) is 10.0. The second kappa shape index (κ2) is 4.22. The van der Waals surface area contributed by atoms with E-state index in [-0.39, 0.29) is 5.82 Å². The van der Waals surface area contributed by atoms with E-state index in [1.807, 2.05) is 36.5 Å². The Bertz CT molecular complexity index is 719. The van der Waals surface area contributed by atoms with Crippen LogP contribution in [0.3, 0.4) is 0 Å². The molecule has 0 aliphatic rings. The van der Waals surface area contributed by atoms with Crippen LogP contribution in [0.4, 0.5) is 4.39 Å². The van der Waals surface area contributed by atoms with Crippen LogP contribution in [0.15, 0.2) is 54.7 Å². The number of aromatic nitrogens is 1. The van der Waals surface area contributed by atoms with E-state index < -0.39 is 0 Å². The third-order valence-corrected chi connectivity index (χ3v) is 3.08. The largest absolute Gasteiger partial charge is 0.256 e. The molecule has 0 aliphatic carbocycles. The lowest BCUT2D eigenvalue weighted by atomic mass is 10.1. The van der Waals surface area contributed by atoms with E-state index in [4.69, 9.17) is 0 Å². The number of aryl methyl sites for hydroxylation is 1. The third-order valence-electron chi connectivity index (χ3n) is 3.08. The first-order valence-corrected chi connectivity index (χ1v) is 5.85. The van der Waals surface area contributed by atoms with Crippen LogP contribution in [-0.2, 0) is 0 Å². The van der Waals surface area contributed by atoms with Crippen LogP contribution in [0, 0.1) is 12.7 Å². The maximum absolute atomic E-state index is 13.2. The minimum absolute atomic E-state index is 0.181. The number of hydrogen-bond acceptors (Lipinski definition) is 1. The Kier molecular flexibility index (Phi) is 2.56. The van der Waals surface area contributed by atoms with Crippen LogP contribution in [0.1, 0.15) is 5.56 Å². The average molecular weight is 237 g/mol. The van der Waals surface area contributed by atoms with Gasteiger partial charge in [-0.05, 0) is 42.1 Å². The molecule has 0 atom stereocenters. The van der Waals surface area contributed by atoms with E-state index in [2.05, 4.69) is 11.1 Å². The topological polar surface area (TPSA) is 12.9 Å². The second-order valence-corrected chi connectivity index (χ2v) is 4.38. The first-order chi connectivity index (χ1) is 8.74. The highest BCUT2D eigenvalue weighted by atomic mass is 19.1. The number of benzene rings is 2. The molecule has 3 aromatic rings. The Morgan fingerprint density at radius 2 is 1.72 bits per heavy atom. The molecule has 0 N–H and O–H groups in total. The molecule has 2 heteroatoms. The summed E-state index contributed by atoms with van der Waals surface area (Å²) in [6.45, 7) is 1.76. The van der Waals surface area contributed by atoms with Gasteiger partial charge in [0.05, 0.1) is 5.69 Å². The van der Waals surface area contributed by atoms with Crippen molar-refractivity contribution >= 4 is 10.8 Å². The molecule has 88 valence electrons. The molecule has 0 radical (unpaired) electrons. The van der Waals surface area contributed by atoms with Gasteiger partial charge in [0, 0.05) is 17.1 Å². The van der Waals surface area contributed by atoms with Crippen LogP contribution in [0.25, 0.3) is 22.0 Å². The summed E-state index contributed by atoms with van der Waals surface area (Å²) in [7, 11) is 0.